The van der Waals surface area contributed by atoms with Gasteiger partial charge in [0.05, 0.1) is 10.9 Å². The first kappa shape index (κ1) is 19.7. The molecule has 1 heterocycles. The van der Waals surface area contributed by atoms with E-state index in [-0.39, 0.29) is 18.7 Å². The molecule has 1 saturated heterocycles. The number of hydrogen-bond donors (Lipinski definition) is 1. The molecule has 2 amide bonds. The van der Waals surface area contributed by atoms with Crippen molar-refractivity contribution in [3.63, 3.8) is 0 Å². The van der Waals surface area contributed by atoms with Crippen LogP contribution < -0.4 is 4.90 Å². The zero-order chi connectivity index (χ0) is 19.6. The summed E-state index contributed by atoms with van der Waals surface area (Å²) in [5.74, 6) is -1.83. The molecule has 2 aromatic carbocycles. The van der Waals surface area contributed by atoms with E-state index >= 15 is 0 Å². The van der Waals surface area contributed by atoms with Gasteiger partial charge in [-0.1, -0.05) is 41.4 Å². The summed E-state index contributed by atoms with van der Waals surface area (Å²) in [6, 6.07) is 13.3. The molecular weight excluding hydrogens is 409 g/mol. The van der Waals surface area contributed by atoms with Gasteiger partial charge in [0.15, 0.2) is 0 Å². The molecular formula is C19H15Cl2NO4S. The van der Waals surface area contributed by atoms with E-state index in [0.717, 1.165) is 16.7 Å². The van der Waals surface area contributed by atoms with Gasteiger partial charge in [0.25, 0.3) is 0 Å². The molecule has 1 fully saturated rings. The summed E-state index contributed by atoms with van der Waals surface area (Å²) in [5, 5.41) is 8.89. The SMILES string of the molecule is O=C(O)[C@@H](Cc1ccccc1Cl)S[C@@H]1CC(=O)N(c2ccc(Cl)cc2)C1=O. The van der Waals surface area contributed by atoms with Crippen molar-refractivity contribution in [2.75, 3.05) is 4.90 Å². The van der Waals surface area contributed by atoms with E-state index in [0.29, 0.717) is 21.3 Å². The maximum atomic E-state index is 12.7. The molecule has 140 valence electrons. The molecule has 1 aliphatic rings. The number of carbonyl (C=O) groups is 3. The Balaban J connectivity index is 1.76. The van der Waals surface area contributed by atoms with Crippen LogP contribution in [0.3, 0.4) is 0 Å². The van der Waals surface area contributed by atoms with Crippen LogP contribution in [0, 0.1) is 0 Å². The minimum absolute atomic E-state index is 0.0432. The first-order valence-corrected chi connectivity index (χ1v) is 9.80. The third kappa shape index (κ3) is 4.46. The number of rotatable bonds is 6. The Labute approximate surface area is 170 Å². The van der Waals surface area contributed by atoms with Crippen LogP contribution in [0.15, 0.2) is 48.5 Å². The second-order valence-electron chi connectivity index (χ2n) is 6.00. The van der Waals surface area contributed by atoms with Crippen molar-refractivity contribution in [2.45, 2.75) is 23.3 Å². The lowest BCUT2D eigenvalue weighted by atomic mass is 10.1. The van der Waals surface area contributed by atoms with Crippen molar-refractivity contribution in [1.82, 2.24) is 0 Å². The summed E-state index contributed by atoms with van der Waals surface area (Å²) in [7, 11) is 0. The van der Waals surface area contributed by atoms with Gasteiger partial charge in [-0.2, -0.15) is 0 Å². The molecule has 1 aliphatic heterocycles. The predicted octanol–water partition coefficient (Wildman–Crippen LogP) is 4.05. The monoisotopic (exact) mass is 423 g/mol. The first-order chi connectivity index (χ1) is 12.9. The fourth-order valence-electron chi connectivity index (χ4n) is 2.83. The number of carboxylic acids is 1. The van der Waals surface area contributed by atoms with Gasteiger partial charge in [0.1, 0.15) is 5.25 Å². The van der Waals surface area contributed by atoms with Gasteiger partial charge < -0.3 is 5.11 Å². The summed E-state index contributed by atoms with van der Waals surface area (Å²) in [6.45, 7) is 0. The van der Waals surface area contributed by atoms with Crippen molar-refractivity contribution in [3.8, 4) is 0 Å². The Morgan fingerprint density at radius 3 is 2.44 bits per heavy atom. The molecule has 0 spiro atoms. The van der Waals surface area contributed by atoms with Gasteiger partial charge in [-0.25, -0.2) is 4.90 Å². The quantitative estimate of drug-likeness (QED) is 0.709. The van der Waals surface area contributed by atoms with Crippen LogP contribution in [0.25, 0.3) is 0 Å². The number of halogens is 2. The number of imide groups is 1. The van der Waals surface area contributed by atoms with Gasteiger partial charge in [-0.3, -0.25) is 14.4 Å². The number of hydrogen-bond acceptors (Lipinski definition) is 4. The van der Waals surface area contributed by atoms with Crippen LogP contribution in [0.1, 0.15) is 12.0 Å². The van der Waals surface area contributed by atoms with Crippen LogP contribution in [-0.4, -0.2) is 33.4 Å². The minimum Gasteiger partial charge on any atom is -0.480 e. The smallest absolute Gasteiger partial charge is 0.316 e. The summed E-state index contributed by atoms with van der Waals surface area (Å²) in [6.07, 6.45) is 0.122. The van der Waals surface area contributed by atoms with Gasteiger partial charge in [-0.05, 0) is 42.3 Å². The Kier molecular flexibility index (Phi) is 6.09. The molecule has 0 unspecified atom stereocenters. The minimum atomic E-state index is -1.05. The number of aliphatic carboxylic acids is 1. The van der Waals surface area contributed by atoms with E-state index in [4.69, 9.17) is 23.2 Å². The molecule has 8 heteroatoms. The molecule has 27 heavy (non-hydrogen) atoms. The summed E-state index contributed by atoms with van der Waals surface area (Å²) in [5.41, 5.74) is 1.11. The van der Waals surface area contributed by atoms with Crippen molar-refractivity contribution in [2.24, 2.45) is 0 Å². The molecule has 3 rings (SSSR count). The van der Waals surface area contributed by atoms with Crippen LogP contribution >= 0.6 is 35.0 Å². The van der Waals surface area contributed by atoms with Gasteiger partial charge in [-0.15, -0.1) is 11.8 Å². The third-order valence-electron chi connectivity index (χ3n) is 4.16. The average molecular weight is 424 g/mol. The molecule has 0 aliphatic carbocycles. The van der Waals surface area contributed by atoms with E-state index in [9.17, 15) is 19.5 Å². The van der Waals surface area contributed by atoms with Gasteiger partial charge in [0.2, 0.25) is 11.8 Å². The number of carbonyl (C=O) groups excluding carboxylic acids is 2. The number of nitrogens with zero attached hydrogens (tertiary/aromatic N) is 1. The molecule has 0 bridgehead atoms. The highest BCUT2D eigenvalue weighted by Gasteiger charge is 2.42. The summed E-state index contributed by atoms with van der Waals surface area (Å²) in [4.78, 5) is 37.8. The lowest BCUT2D eigenvalue weighted by Crippen LogP contribution is -2.32. The highest BCUT2D eigenvalue weighted by molar-refractivity contribution is 8.02. The van der Waals surface area contributed by atoms with E-state index in [1.165, 1.54) is 0 Å². The summed E-state index contributed by atoms with van der Waals surface area (Å²) < 4.78 is 0. The Morgan fingerprint density at radius 1 is 1.15 bits per heavy atom. The molecule has 0 radical (unpaired) electrons. The predicted molar refractivity (Wildman–Crippen MR) is 107 cm³/mol. The molecule has 1 N–H and O–H groups in total. The van der Waals surface area contributed by atoms with Gasteiger partial charge >= 0.3 is 5.97 Å². The van der Waals surface area contributed by atoms with Crippen molar-refractivity contribution >= 4 is 58.4 Å². The second kappa shape index (κ2) is 8.33. The van der Waals surface area contributed by atoms with E-state index in [1.54, 1.807) is 48.5 Å². The fraction of sp³-hybridized carbons (Fsp3) is 0.211. The average Bonchev–Trinajstić information content (AvgIpc) is 2.90. The molecule has 5 nitrogen and oxygen atoms in total. The number of anilines is 1. The number of thioether (sulfide) groups is 1. The highest BCUT2D eigenvalue weighted by atomic mass is 35.5. The highest BCUT2D eigenvalue weighted by Crippen LogP contribution is 2.34. The lowest BCUT2D eigenvalue weighted by Gasteiger charge is -2.18. The fourth-order valence-corrected chi connectivity index (χ4v) is 4.42. The van der Waals surface area contributed by atoms with Crippen LogP contribution in [0.2, 0.25) is 10.0 Å². The molecule has 0 saturated carbocycles. The van der Waals surface area contributed by atoms with Crippen LogP contribution in [0.5, 0.6) is 0 Å². The summed E-state index contributed by atoms with van der Waals surface area (Å²) >= 11 is 12.9. The van der Waals surface area contributed by atoms with Crippen LogP contribution in [-0.2, 0) is 20.8 Å². The van der Waals surface area contributed by atoms with E-state index in [1.807, 2.05) is 0 Å². The number of amides is 2. The van der Waals surface area contributed by atoms with Crippen molar-refractivity contribution in [1.29, 1.82) is 0 Å². The second-order valence-corrected chi connectivity index (χ2v) is 8.25. The van der Waals surface area contributed by atoms with Crippen LogP contribution in [0.4, 0.5) is 5.69 Å². The zero-order valence-corrected chi connectivity index (χ0v) is 16.3. The Bertz CT molecular complexity index is 888. The molecule has 0 aromatic heterocycles. The maximum Gasteiger partial charge on any atom is 0.316 e. The van der Waals surface area contributed by atoms with E-state index < -0.39 is 22.4 Å². The normalized spacial score (nSPS) is 18.0. The topological polar surface area (TPSA) is 74.7 Å². The Morgan fingerprint density at radius 2 is 1.81 bits per heavy atom. The lowest BCUT2D eigenvalue weighted by molar-refractivity contribution is -0.136. The van der Waals surface area contributed by atoms with Crippen molar-refractivity contribution in [3.05, 3.63) is 64.1 Å². The maximum absolute atomic E-state index is 12.7. The zero-order valence-electron chi connectivity index (χ0n) is 14.0. The van der Waals surface area contributed by atoms with Crippen molar-refractivity contribution < 1.29 is 19.5 Å². The van der Waals surface area contributed by atoms with E-state index in [2.05, 4.69) is 0 Å². The van der Waals surface area contributed by atoms with Gasteiger partial charge in [0, 0.05) is 16.5 Å². The first-order valence-electron chi connectivity index (χ1n) is 8.11. The third-order valence-corrected chi connectivity index (χ3v) is 6.17. The number of carboxylic acid groups (broad SMARTS) is 1. The molecule has 2 atom stereocenters. The Hall–Kier alpha value is -2.02. The largest absolute Gasteiger partial charge is 0.480 e. The molecule has 2 aromatic rings. The standard InChI is InChI=1S/C19H15Cl2NO4S/c20-12-5-7-13(8-6-12)22-17(23)10-15(18(22)24)27-16(19(25)26)9-11-3-1-2-4-14(11)21/h1-8,15-16H,9-10H2,(H,25,26)/t15-,16-/m1/s1. The number of benzene rings is 2.